The summed E-state index contributed by atoms with van der Waals surface area (Å²) < 4.78 is 5.89. The highest BCUT2D eigenvalue weighted by molar-refractivity contribution is 7.80. The van der Waals surface area contributed by atoms with Crippen molar-refractivity contribution in [1.82, 2.24) is 5.32 Å². The van der Waals surface area contributed by atoms with Crippen LogP contribution in [-0.4, -0.2) is 30.2 Å². The van der Waals surface area contributed by atoms with Crippen LogP contribution < -0.4 is 5.32 Å². The number of thiol groups is 1. The first-order chi connectivity index (χ1) is 8.66. The van der Waals surface area contributed by atoms with Crippen LogP contribution in [0.25, 0.3) is 0 Å². The lowest BCUT2D eigenvalue weighted by molar-refractivity contribution is -0.188. The maximum atomic E-state index is 9.77. The Labute approximate surface area is 114 Å². The number of nitrogens with one attached hydrogen (secondary N) is 1. The zero-order chi connectivity index (χ0) is 13.0. The monoisotopic (exact) mass is 267 g/mol. The van der Waals surface area contributed by atoms with Crippen molar-refractivity contribution in [2.24, 2.45) is 0 Å². The molecule has 0 saturated carbocycles. The number of benzene rings is 1. The molecule has 1 aromatic carbocycles. The van der Waals surface area contributed by atoms with Gasteiger partial charge in [0.25, 0.3) is 0 Å². The third-order valence-electron chi connectivity index (χ3n) is 3.51. The van der Waals surface area contributed by atoms with Gasteiger partial charge in [0.05, 0.1) is 5.60 Å². The summed E-state index contributed by atoms with van der Waals surface area (Å²) in [5.74, 6) is 0.320. The van der Waals surface area contributed by atoms with E-state index in [2.05, 4.69) is 49.1 Å². The van der Waals surface area contributed by atoms with Gasteiger partial charge in [0.15, 0.2) is 6.29 Å². The van der Waals surface area contributed by atoms with Gasteiger partial charge in [-0.3, -0.25) is 0 Å². The number of aliphatic hydroxyl groups excluding tert-OH is 1. The molecule has 18 heavy (non-hydrogen) atoms. The Morgan fingerprint density at radius 3 is 2.50 bits per heavy atom. The van der Waals surface area contributed by atoms with Crippen molar-refractivity contribution < 1.29 is 9.84 Å². The SMILES string of the molecule is Cc1ccc(C2(OC(O)CS)CCNCC2)cc1. The second-order valence-corrected chi connectivity index (χ2v) is 5.23. The van der Waals surface area contributed by atoms with Gasteiger partial charge in [-0.2, -0.15) is 12.6 Å². The van der Waals surface area contributed by atoms with E-state index >= 15 is 0 Å². The van der Waals surface area contributed by atoms with Crippen molar-refractivity contribution in [2.45, 2.75) is 31.7 Å². The van der Waals surface area contributed by atoms with E-state index in [1.165, 1.54) is 5.56 Å². The van der Waals surface area contributed by atoms with Crippen LogP contribution in [0.3, 0.4) is 0 Å². The third kappa shape index (κ3) is 3.06. The van der Waals surface area contributed by atoms with E-state index in [-0.39, 0.29) is 5.60 Å². The molecule has 4 heteroatoms. The van der Waals surface area contributed by atoms with Gasteiger partial charge in [-0.15, -0.1) is 0 Å². The summed E-state index contributed by atoms with van der Waals surface area (Å²) in [4.78, 5) is 0. The minimum Gasteiger partial charge on any atom is -0.367 e. The Morgan fingerprint density at radius 1 is 1.33 bits per heavy atom. The Kier molecular flexibility index (Phi) is 4.67. The van der Waals surface area contributed by atoms with Gasteiger partial charge in [0.1, 0.15) is 0 Å². The van der Waals surface area contributed by atoms with Crippen LogP contribution in [0.1, 0.15) is 24.0 Å². The predicted molar refractivity (Wildman–Crippen MR) is 75.9 cm³/mol. The summed E-state index contributed by atoms with van der Waals surface area (Å²) in [5.41, 5.74) is 2.01. The molecule has 0 bridgehead atoms. The standard InChI is InChI=1S/C14H21NO2S/c1-11-2-4-12(5-3-11)14(17-13(16)10-18)6-8-15-9-7-14/h2-5,13,15-16,18H,6-10H2,1H3. The lowest BCUT2D eigenvalue weighted by Crippen LogP contribution is -2.44. The second kappa shape index (κ2) is 6.06. The Bertz CT molecular complexity index is 374. The first-order valence-electron chi connectivity index (χ1n) is 6.41. The Morgan fingerprint density at radius 2 is 1.94 bits per heavy atom. The van der Waals surface area contributed by atoms with Gasteiger partial charge in [0, 0.05) is 5.75 Å². The fourth-order valence-corrected chi connectivity index (χ4v) is 2.53. The lowest BCUT2D eigenvalue weighted by Gasteiger charge is -2.39. The van der Waals surface area contributed by atoms with E-state index < -0.39 is 6.29 Å². The number of rotatable bonds is 4. The average Bonchev–Trinajstić information content (AvgIpc) is 2.40. The van der Waals surface area contributed by atoms with E-state index in [9.17, 15) is 5.11 Å². The third-order valence-corrected chi connectivity index (χ3v) is 3.82. The van der Waals surface area contributed by atoms with Crippen LogP contribution in [0.5, 0.6) is 0 Å². The molecule has 3 nitrogen and oxygen atoms in total. The largest absolute Gasteiger partial charge is 0.367 e. The van der Waals surface area contributed by atoms with Crippen molar-refractivity contribution in [3.05, 3.63) is 35.4 Å². The highest BCUT2D eigenvalue weighted by atomic mass is 32.1. The normalized spacial score (nSPS) is 20.6. The zero-order valence-corrected chi connectivity index (χ0v) is 11.6. The molecule has 0 amide bonds. The summed E-state index contributed by atoms with van der Waals surface area (Å²) in [6, 6.07) is 8.39. The van der Waals surface area contributed by atoms with Gasteiger partial charge in [-0.05, 0) is 38.4 Å². The van der Waals surface area contributed by atoms with Gasteiger partial charge in [-0.25, -0.2) is 0 Å². The molecule has 0 aromatic heterocycles. The molecule has 0 spiro atoms. The topological polar surface area (TPSA) is 41.5 Å². The first-order valence-corrected chi connectivity index (χ1v) is 7.04. The molecular formula is C14H21NO2S. The molecule has 1 heterocycles. The number of hydrogen-bond acceptors (Lipinski definition) is 4. The van der Waals surface area contributed by atoms with Crippen molar-refractivity contribution in [3.8, 4) is 0 Å². The predicted octanol–water partition coefficient (Wildman–Crippen LogP) is 1.84. The summed E-state index contributed by atoms with van der Waals surface area (Å²) in [6.07, 6.45) is 0.940. The smallest absolute Gasteiger partial charge is 0.164 e. The van der Waals surface area contributed by atoms with Crippen LogP contribution >= 0.6 is 12.6 Å². The minimum absolute atomic E-state index is 0.320. The van der Waals surface area contributed by atoms with E-state index in [1.807, 2.05) is 0 Å². The fourth-order valence-electron chi connectivity index (χ4n) is 2.46. The van der Waals surface area contributed by atoms with Crippen molar-refractivity contribution >= 4 is 12.6 Å². The van der Waals surface area contributed by atoms with Crippen molar-refractivity contribution in [2.75, 3.05) is 18.8 Å². The highest BCUT2D eigenvalue weighted by Crippen LogP contribution is 2.35. The summed E-state index contributed by atoms with van der Waals surface area (Å²) in [5, 5.41) is 13.1. The van der Waals surface area contributed by atoms with Gasteiger partial charge in [-0.1, -0.05) is 29.8 Å². The molecule has 1 aromatic rings. The van der Waals surface area contributed by atoms with Crippen LogP contribution in [0.4, 0.5) is 0 Å². The summed E-state index contributed by atoms with van der Waals surface area (Å²) in [7, 11) is 0. The number of ether oxygens (including phenoxy) is 1. The Balaban J connectivity index is 2.25. The molecule has 2 N–H and O–H groups in total. The number of aryl methyl sites for hydroxylation is 1. The lowest BCUT2D eigenvalue weighted by atomic mass is 9.84. The molecule has 1 saturated heterocycles. The first kappa shape index (κ1) is 13.9. The fraction of sp³-hybridized carbons (Fsp3) is 0.571. The molecule has 0 radical (unpaired) electrons. The summed E-state index contributed by atoms with van der Waals surface area (Å²) in [6.45, 7) is 3.89. The maximum Gasteiger partial charge on any atom is 0.164 e. The number of aliphatic hydroxyl groups is 1. The van der Waals surface area contributed by atoms with Gasteiger partial charge < -0.3 is 15.2 Å². The van der Waals surface area contributed by atoms with E-state index in [1.54, 1.807) is 0 Å². The van der Waals surface area contributed by atoms with Gasteiger partial charge >= 0.3 is 0 Å². The van der Waals surface area contributed by atoms with Crippen LogP contribution in [-0.2, 0) is 10.3 Å². The quantitative estimate of drug-likeness (QED) is 0.576. The molecule has 1 atom stereocenters. The van der Waals surface area contributed by atoms with Crippen LogP contribution in [0, 0.1) is 6.92 Å². The molecule has 1 aliphatic rings. The maximum absolute atomic E-state index is 9.77. The summed E-state index contributed by atoms with van der Waals surface area (Å²) >= 11 is 4.09. The molecule has 0 aliphatic carbocycles. The molecule has 1 fully saturated rings. The van der Waals surface area contributed by atoms with Gasteiger partial charge in [0.2, 0.25) is 0 Å². The average molecular weight is 267 g/mol. The molecule has 1 aliphatic heterocycles. The Hall–Kier alpha value is -0.550. The van der Waals surface area contributed by atoms with E-state index in [4.69, 9.17) is 4.74 Å². The van der Waals surface area contributed by atoms with E-state index in [0.717, 1.165) is 31.5 Å². The molecular weight excluding hydrogens is 246 g/mol. The number of hydrogen-bond donors (Lipinski definition) is 3. The number of piperidine rings is 1. The van der Waals surface area contributed by atoms with Crippen LogP contribution in [0.15, 0.2) is 24.3 Å². The van der Waals surface area contributed by atoms with Crippen molar-refractivity contribution in [3.63, 3.8) is 0 Å². The van der Waals surface area contributed by atoms with Crippen LogP contribution in [0.2, 0.25) is 0 Å². The zero-order valence-electron chi connectivity index (χ0n) is 10.7. The second-order valence-electron chi connectivity index (χ2n) is 4.87. The van der Waals surface area contributed by atoms with E-state index in [0.29, 0.717) is 5.75 Å². The molecule has 2 rings (SSSR count). The highest BCUT2D eigenvalue weighted by Gasteiger charge is 2.36. The molecule has 100 valence electrons. The minimum atomic E-state index is -0.812. The molecule has 1 unspecified atom stereocenters. The van der Waals surface area contributed by atoms with Crippen molar-refractivity contribution in [1.29, 1.82) is 0 Å².